The van der Waals surface area contributed by atoms with E-state index in [1.54, 1.807) is 11.9 Å². The van der Waals surface area contributed by atoms with Gasteiger partial charge in [0.25, 0.3) is 0 Å². The van der Waals surface area contributed by atoms with Crippen molar-refractivity contribution in [2.24, 2.45) is 11.8 Å². The number of hydrogen-bond acceptors (Lipinski definition) is 3. The molecule has 1 aliphatic carbocycles. The molecule has 38 heavy (non-hydrogen) atoms. The van der Waals surface area contributed by atoms with Crippen molar-refractivity contribution in [3.8, 4) is 11.1 Å². The molecule has 198 valence electrons. The van der Waals surface area contributed by atoms with E-state index >= 15 is 0 Å². The van der Waals surface area contributed by atoms with Crippen molar-refractivity contribution in [1.29, 1.82) is 0 Å². The lowest BCUT2D eigenvalue weighted by Crippen LogP contribution is -2.47. The van der Waals surface area contributed by atoms with Crippen molar-refractivity contribution in [2.45, 2.75) is 51.6 Å². The lowest BCUT2D eigenvalue weighted by atomic mass is 9.92. The first kappa shape index (κ1) is 27.1. The molecule has 2 atom stereocenters. The van der Waals surface area contributed by atoms with Crippen LogP contribution in [0.25, 0.3) is 11.1 Å². The predicted octanol–water partition coefficient (Wildman–Crippen LogP) is 5.27. The molecule has 4 rings (SSSR count). The van der Waals surface area contributed by atoms with E-state index in [2.05, 4.69) is 17.4 Å². The molecule has 2 amide bonds. The van der Waals surface area contributed by atoms with Crippen molar-refractivity contribution < 1.29 is 19.5 Å². The monoisotopic (exact) mass is 512 g/mol. The van der Waals surface area contributed by atoms with E-state index in [4.69, 9.17) is 0 Å². The molecule has 0 radical (unpaired) electrons. The van der Waals surface area contributed by atoms with Gasteiger partial charge in [0.15, 0.2) is 0 Å². The number of aliphatic carboxylic acids is 1. The Morgan fingerprint density at radius 3 is 1.97 bits per heavy atom. The maximum Gasteiger partial charge on any atom is 0.304 e. The van der Waals surface area contributed by atoms with Crippen LogP contribution in [0.5, 0.6) is 0 Å². The van der Waals surface area contributed by atoms with E-state index in [0.717, 1.165) is 24.0 Å². The summed E-state index contributed by atoms with van der Waals surface area (Å²) in [5.41, 5.74) is 5.22. The van der Waals surface area contributed by atoms with Gasteiger partial charge in [-0.25, -0.2) is 0 Å². The summed E-state index contributed by atoms with van der Waals surface area (Å²) in [4.78, 5) is 40.5. The number of nitrogens with zero attached hydrogens (tertiary/aromatic N) is 1. The lowest BCUT2D eigenvalue weighted by Gasteiger charge is -2.30. The Bertz CT molecular complexity index is 1250. The molecule has 0 saturated carbocycles. The molecule has 0 aliphatic heterocycles. The summed E-state index contributed by atoms with van der Waals surface area (Å²) in [5.74, 6) is -2.21. The third-order valence-electron chi connectivity index (χ3n) is 7.36. The highest BCUT2D eigenvalue weighted by atomic mass is 16.4. The van der Waals surface area contributed by atoms with Crippen molar-refractivity contribution >= 4 is 17.8 Å². The smallest absolute Gasteiger partial charge is 0.304 e. The van der Waals surface area contributed by atoms with Gasteiger partial charge in [-0.3, -0.25) is 14.4 Å². The molecule has 1 aliphatic rings. The number of carbonyl (C=O) groups excluding carboxylic acids is 2. The normalized spacial score (nSPS) is 14.5. The van der Waals surface area contributed by atoms with Crippen molar-refractivity contribution in [3.63, 3.8) is 0 Å². The Morgan fingerprint density at radius 2 is 1.42 bits per heavy atom. The topological polar surface area (TPSA) is 86.7 Å². The SMILES string of the molecule is CC(C)C[C@H](CC(=O)O)C(=O)NC(C(=O)N(C)C1Cc2ccccc2C1)c1ccc(-c2ccccc2)cc1. The van der Waals surface area contributed by atoms with Gasteiger partial charge in [-0.15, -0.1) is 0 Å². The first-order valence-corrected chi connectivity index (χ1v) is 13.2. The highest BCUT2D eigenvalue weighted by molar-refractivity contribution is 5.91. The van der Waals surface area contributed by atoms with E-state index in [0.29, 0.717) is 12.0 Å². The van der Waals surface area contributed by atoms with Gasteiger partial charge in [-0.1, -0.05) is 92.7 Å². The standard InChI is InChI=1S/C32H36N2O4/c1-21(2)17-27(20-29(35)36)31(37)33-30(24-15-13-23(14-16-24)22-9-5-4-6-10-22)32(38)34(3)28-18-25-11-7-8-12-26(25)19-28/h4-16,21,27-28,30H,17-20H2,1-3H3,(H,33,37)(H,35,36)/t27-,30?/m1/s1. The summed E-state index contributed by atoms with van der Waals surface area (Å²) in [5, 5.41) is 12.3. The fourth-order valence-corrected chi connectivity index (χ4v) is 5.30. The molecule has 0 spiro atoms. The van der Waals surface area contributed by atoms with Crippen LogP contribution < -0.4 is 5.32 Å². The van der Waals surface area contributed by atoms with Gasteiger partial charge in [-0.05, 0) is 53.0 Å². The van der Waals surface area contributed by atoms with Crippen molar-refractivity contribution in [3.05, 3.63) is 95.6 Å². The summed E-state index contributed by atoms with van der Waals surface area (Å²) >= 11 is 0. The van der Waals surface area contributed by atoms with Gasteiger partial charge in [-0.2, -0.15) is 0 Å². The van der Waals surface area contributed by atoms with Crippen LogP contribution in [0.3, 0.4) is 0 Å². The molecule has 2 N–H and O–H groups in total. The summed E-state index contributed by atoms with van der Waals surface area (Å²) in [6, 6.07) is 24.9. The summed E-state index contributed by atoms with van der Waals surface area (Å²) in [6.45, 7) is 3.91. The Hall–Kier alpha value is -3.93. The van der Waals surface area contributed by atoms with Crippen LogP contribution in [0.2, 0.25) is 0 Å². The molecule has 6 heteroatoms. The predicted molar refractivity (Wildman–Crippen MR) is 148 cm³/mol. The average molecular weight is 513 g/mol. The molecule has 0 saturated heterocycles. The summed E-state index contributed by atoms with van der Waals surface area (Å²) in [7, 11) is 1.79. The third kappa shape index (κ3) is 6.49. The Kier molecular flexibility index (Phi) is 8.62. The number of nitrogens with one attached hydrogen (secondary N) is 1. The maximum atomic E-state index is 13.9. The van der Waals surface area contributed by atoms with Gasteiger partial charge in [0.1, 0.15) is 6.04 Å². The summed E-state index contributed by atoms with van der Waals surface area (Å²) < 4.78 is 0. The molecule has 0 heterocycles. The van der Waals surface area contributed by atoms with Gasteiger partial charge >= 0.3 is 5.97 Å². The van der Waals surface area contributed by atoms with Crippen LogP contribution in [0.1, 0.15) is 49.4 Å². The van der Waals surface area contributed by atoms with Gasteiger partial charge in [0.05, 0.1) is 6.42 Å². The third-order valence-corrected chi connectivity index (χ3v) is 7.36. The number of carboxylic acids is 1. The largest absolute Gasteiger partial charge is 0.481 e. The highest BCUT2D eigenvalue weighted by Crippen LogP contribution is 2.29. The fourth-order valence-electron chi connectivity index (χ4n) is 5.30. The minimum atomic E-state index is -1.03. The molecule has 0 fully saturated rings. The van der Waals surface area contributed by atoms with Gasteiger partial charge < -0.3 is 15.3 Å². The molecular formula is C32H36N2O4. The number of likely N-dealkylation sites (N-methyl/N-ethyl adjacent to an activating group) is 1. The highest BCUT2D eigenvalue weighted by Gasteiger charge is 2.34. The average Bonchev–Trinajstić information content (AvgIpc) is 3.35. The number of benzene rings is 3. The number of carbonyl (C=O) groups is 3. The van der Waals surface area contributed by atoms with E-state index < -0.39 is 23.8 Å². The maximum absolute atomic E-state index is 13.9. The van der Waals surface area contributed by atoms with E-state index in [1.807, 2.05) is 80.6 Å². The Labute approximate surface area is 224 Å². The number of hydrogen-bond donors (Lipinski definition) is 2. The molecule has 1 unspecified atom stereocenters. The number of carboxylic acid groups (broad SMARTS) is 1. The zero-order chi connectivity index (χ0) is 27.2. The molecule has 6 nitrogen and oxygen atoms in total. The van der Waals surface area contributed by atoms with Crippen molar-refractivity contribution in [2.75, 3.05) is 7.05 Å². The van der Waals surface area contributed by atoms with Gasteiger partial charge in [0.2, 0.25) is 11.8 Å². The number of rotatable bonds is 10. The zero-order valence-electron chi connectivity index (χ0n) is 22.3. The van der Waals surface area contributed by atoms with Gasteiger partial charge in [0, 0.05) is 19.0 Å². The first-order chi connectivity index (χ1) is 18.2. The minimum Gasteiger partial charge on any atom is -0.481 e. The van der Waals surface area contributed by atoms with E-state index in [9.17, 15) is 19.5 Å². The van der Waals surface area contributed by atoms with Crippen LogP contribution in [-0.4, -0.2) is 40.9 Å². The lowest BCUT2D eigenvalue weighted by molar-refractivity contribution is -0.142. The quantitative estimate of drug-likeness (QED) is 0.387. The Morgan fingerprint density at radius 1 is 0.868 bits per heavy atom. The second-order valence-corrected chi connectivity index (χ2v) is 10.6. The van der Waals surface area contributed by atoms with Crippen LogP contribution >= 0.6 is 0 Å². The van der Waals surface area contributed by atoms with Crippen LogP contribution in [0.15, 0.2) is 78.9 Å². The molecule has 3 aromatic rings. The van der Waals surface area contributed by atoms with E-state index in [-0.39, 0.29) is 24.3 Å². The molecule has 3 aromatic carbocycles. The van der Waals surface area contributed by atoms with Crippen LogP contribution in [0, 0.1) is 11.8 Å². The minimum absolute atomic E-state index is 0.00613. The molecule has 0 bridgehead atoms. The molecule has 0 aromatic heterocycles. The molecular weight excluding hydrogens is 476 g/mol. The number of amides is 2. The van der Waals surface area contributed by atoms with Crippen LogP contribution in [-0.2, 0) is 27.2 Å². The fraction of sp³-hybridized carbons (Fsp3) is 0.344. The first-order valence-electron chi connectivity index (χ1n) is 13.2. The number of fused-ring (bicyclic) bond motifs is 1. The van der Waals surface area contributed by atoms with E-state index in [1.165, 1.54) is 11.1 Å². The second-order valence-electron chi connectivity index (χ2n) is 10.6. The van der Waals surface area contributed by atoms with Crippen molar-refractivity contribution in [1.82, 2.24) is 10.2 Å². The zero-order valence-corrected chi connectivity index (χ0v) is 22.3. The second kappa shape index (κ2) is 12.1. The summed E-state index contributed by atoms with van der Waals surface area (Å²) in [6.07, 6.45) is 1.69. The van der Waals surface area contributed by atoms with Crippen LogP contribution in [0.4, 0.5) is 0 Å². The Balaban J connectivity index is 1.60.